The number of aromatic nitrogens is 1. The zero-order valence-electron chi connectivity index (χ0n) is 19.4. The molecule has 2 N–H and O–H groups in total. The Labute approximate surface area is 191 Å². The number of Topliss-reactive ketones (excluding diaryl/α,β-unsaturated/α-hetero) is 1. The number of hydrogen-bond acceptors (Lipinski definition) is 6. The van der Waals surface area contributed by atoms with Crippen molar-refractivity contribution in [1.29, 1.82) is 0 Å². The van der Waals surface area contributed by atoms with E-state index in [0.717, 1.165) is 0 Å². The van der Waals surface area contributed by atoms with E-state index in [1.54, 1.807) is 20.8 Å². The lowest BCUT2D eigenvalue weighted by atomic mass is 9.94. The van der Waals surface area contributed by atoms with Gasteiger partial charge in [-0.15, -0.1) is 0 Å². The van der Waals surface area contributed by atoms with E-state index >= 15 is 0 Å². The first-order valence-electron chi connectivity index (χ1n) is 10.6. The number of carbonyl (C=O) groups is 3. The maximum Gasteiger partial charge on any atom is 0.355 e. The Hall–Kier alpha value is -3.46. The molecular weight excluding hydrogens is 429 g/mol. The highest BCUT2D eigenvalue weighted by Gasteiger charge is 2.46. The summed E-state index contributed by atoms with van der Waals surface area (Å²) < 4.78 is 18.6. The minimum Gasteiger partial charge on any atom is -0.507 e. The van der Waals surface area contributed by atoms with Gasteiger partial charge in [-0.25, -0.2) is 9.18 Å². The average molecular weight is 458 g/mol. The topological polar surface area (TPSA) is 103 Å². The highest BCUT2D eigenvalue weighted by atomic mass is 19.1. The SMILES string of the molecule is CCOC(=O)c1[nH]c(C)c(C(O)=C2C(=O)C(=O)N(CCN(C)C)[C@@H]2c2ccc(F)cc2)c1C. The minimum absolute atomic E-state index is 0.106. The van der Waals surface area contributed by atoms with Crippen molar-refractivity contribution in [3.05, 3.63) is 63.7 Å². The second kappa shape index (κ2) is 9.58. The number of aromatic amines is 1. The molecule has 0 aliphatic carbocycles. The fraction of sp³-hybridized carbons (Fsp3) is 0.375. The molecule has 2 heterocycles. The van der Waals surface area contributed by atoms with E-state index in [9.17, 15) is 23.9 Å². The number of likely N-dealkylation sites (N-methyl/N-ethyl adjacent to an activating group) is 1. The lowest BCUT2D eigenvalue weighted by molar-refractivity contribution is -0.140. The lowest BCUT2D eigenvalue weighted by Gasteiger charge is -2.26. The van der Waals surface area contributed by atoms with Crippen molar-refractivity contribution in [1.82, 2.24) is 14.8 Å². The number of likely N-dealkylation sites (tertiary alicyclic amines) is 1. The molecule has 1 atom stereocenters. The standard InChI is InChI=1S/C24H28FN3O5/c1-6-33-24(32)19-13(2)17(14(3)26-19)21(29)18-20(15-7-9-16(25)10-8-15)28(12-11-27(4)5)23(31)22(18)30/h7-10,20,26,29H,6,11-12H2,1-5H3/t20-/m1/s1. The van der Waals surface area contributed by atoms with Crippen molar-refractivity contribution in [3.63, 3.8) is 0 Å². The normalized spacial score (nSPS) is 17.8. The van der Waals surface area contributed by atoms with Crippen LogP contribution in [0.3, 0.4) is 0 Å². The van der Waals surface area contributed by atoms with Gasteiger partial charge in [-0.3, -0.25) is 9.59 Å². The van der Waals surface area contributed by atoms with Crippen LogP contribution in [-0.4, -0.2) is 71.3 Å². The quantitative estimate of drug-likeness (QED) is 0.287. The van der Waals surface area contributed by atoms with E-state index in [4.69, 9.17) is 4.74 Å². The summed E-state index contributed by atoms with van der Waals surface area (Å²) >= 11 is 0. The number of esters is 1. The van der Waals surface area contributed by atoms with Crippen molar-refractivity contribution in [3.8, 4) is 0 Å². The molecule has 0 bridgehead atoms. The van der Waals surface area contributed by atoms with E-state index in [-0.39, 0.29) is 30.0 Å². The van der Waals surface area contributed by atoms with Gasteiger partial charge in [0.25, 0.3) is 11.7 Å². The monoisotopic (exact) mass is 457 g/mol. The van der Waals surface area contributed by atoms with Crippen LogP contribution in [0.4, 0.5) is 4.39 Å². The minimum atomic E-state index is -0.898. The van der Waals surface area contributed by atoms with Gasteiger partial charge in [-0.2, -0.15) is 0 Å². The molecule has 33 heavy (non-hydrogen) atoms. The largest absolute Gasteiger partial charge is 0.507 e. The number of nitrogens with zero attached hydrogens (tertiary/aromatic N) is 2. The van der Waals surface area contributed by atoms with Crippen LogP contribution in [0.15, 0.2) is 29.8 Å². The molecule has 8 nitrogen and oxygen atoms in total. The van der Waals surface area contributed by atoms with Crippen molar-refractivity contribution >= 4 is 23.4 Å². The summed E-state index contributed by atoms with van der Waals surface area (Å²) in [5.74, 6) is -3.02. The third-order valence-electron chi connectivity index (χ3n) is 5.67. The number of ketones is 1. The zero-order chi connectivity index (χ0) is 24.4. The Bertz CT molecular complexity index is 1120. The first-order chi connectivity index (χ1) is 15.6. The lowest BCUT2D eigenvalue weighted by Crippen LogP contribution is -2.35. The Morgan fingerprint density at radius 1 is 1.21 bits per heavy atom. The van der Waals surface area contributed by atoms with Crippen LogP contribution in [0, 0.1) is 19.7 Å². The van der Waals surface area contributed by atoms with Crippen molar-refractivity contribution < 1.29 is 28.6 Å². The molecule has 1 aliphatic rings. The second-order valence-electron chi connectivity index (χ2n) is 8.19. The fourth-order valence-corrected chi connectivity index (χ4v) is 4.06. The van der Waals surface area contributed by atoms with Gasteiger partial charge in [-0.1, -0.05) is 12.1 Å². The Morgan fingerprint density at radius 2 is 1.85 bits per heavy atom. The summed E-state index contributed by atoms with van der Waals surface area (Å²) in [5.41, 5.74) is 1.66. The van der Waals surface area contributed by atoms with Gasteiger partial charge in [0.15, 0.2) is 0 Å². The average Bonchev–Trinajstić information content (AvgIpc) is 3.19. The zero-order valence-corrected chi connectivity index (χ0v) is 19.4. The predicted octanol–water partition coefficient (Wildman–Crippen LogP) is 2.93. The number of ether oxygens (including phenoxy) is 1. The van der Waals surface area contributed by atoms with Crippen molar-refractivity contribution in [2.45, 2.75) is 26.8 Å². The molecule has 9 heteroatoms. The summed E-state index contributed by atoms with van der Waals surface area (Å²) in [6.07, 6.45) is 0. The smallest absolute Gasteiger partial charge is 0.355 e. The number of hydrogen-bond donors (Lipinski definition) is 2. The van der Waals surface area contributed by atoms with E-state index in [1.165, 1.54) is 29.2 Å². The van der Waals surface area contributed by atoms with Gasteiger partial charge in [-0.05, 0) is 58.1 Å². The molecule has 0 saturated carbocycles. The van der Waals surface area contributed by atoms with Crippen LogP contribution in [0.1, 0.15) is 45.8 Å². The molecule has 1 aromatic carbocycles. The van der Waals surface area contributed by atoms with E-state index in [2.05, 4.69) is 4.98 Å². The number of benzene rings is 1. The molecule has 2 aromatic rings. The summed E-state index contributed by atoms with van der Waals surface area (Å²) in [5, 5.41) is 11.3. The van der Waals surface area contributed by atoms with Gasteiger partial charge in [0.1, 0.15) is 17.3 Å². The third-order valence-corrected chi connectivity index (χ3v) is 5.67. The molecule has 0 unspecified atom stereocenters. The molecule has 1 aromatic heterocycles. The van der Waals surface area contributed by atoms with E-state index < -0.39 is 35.3 Å². The summed E-state index contributed by atoms with van der Waals surface area (Å²) in [7, 11) is 3.68. The first kappa shape index (κ1) is 24.2. The summed E-state index contributed by atoms with van der Waals surface area (Å²) in [6.45, 7) is 5.86. The number of H-pyrrole nitrogens is 1. The maximum atomic E-state index is 13.6. The highest BCUT2D eigenvalue weighted by molar-refractivity contribution is 6.46. The molecule has 0 spiro atoms. The molecular formula is C24H28FN3O5. The number of nitrogens with one attached hydrogen (secondary N) is 1. The molecule has 1 amide bonds. The predicted molar refractivity (Wildman–Crippen MR) is 120 cm³/mol. The number of aliphatic hydroxyl groups excluding tert-OH is 1. The molecule has 1 aliphatic heterocycles. The number of rotatable bonds is 7. The van der Waals surface area contributed by atoms with Crippen LogP contribution >= 0.6 is 0 Å². The van der Waals surface area contributed by atoms with E-state index in [1.807, 2.05) is 19.0 Å². The molecule has 3 rings (SSSR count). The Balaban J connectivity index is 2.19. The van der Waals surface area contributed by atoms with Gasteiger partial charge < -0.3 is 24.6 Å². The number of aliphatic hydroxyl groups is 1. The van der Waals surface area contributed by atoms with Crippen LogP contribution in [0.2, 0.25) is 0 Å². The highest BCUT2D eigenvalue weighted by Crippen LogP contribution is 2.40. The number of aryl methyl sites for hydroxylation is 1. The second-order valence-corrected chi connectivity index (χ2v) is 8.19. The molecule has 176 valence electrons. The van der Waals surface area contributed by atoms with Crippen LogP contribution in [0.5, 0.6) is 0 Å². The van der Waals surface area contributed by atoms with Gasteiger partial charge in [0, 0.05) is 24.3 Å². The fourth-order valence-electron chi connectivity index (χ4n) is 4.06. The number of carbonyl (C=O) groups excluding carboxylic acids is 3. The number of amides is 1. The molecule has 0 radical (unpaired) electrons. The first-order valence-corrected chi connectivity index (χ1v) is 10.6. The molecule has 1 fully saturated rings. The van der Waals surface area contributed by atoms with Crippen LogP contribution in [0.25, 0.3) is 5.76 Å². The Morgan fingerprint density at radius 3 is 2.42 bits per heavy atom. The summed E-state index contributed by atoms with van der Waals surface area (Å²) in [4.78, 5) is 44.5. The molecule has 1 saturated heterocycles. The van der Waals surface area contributed by atoms with Crippen molar-refractivity contribution in [2.24, 2.45) is 0 Å². The van der Waals surface area contributed by atoms with Crippen LogP contribution in [-0.2, 0) is 14.3 Å². The van der Waals surface area contributed by atoms with Gasteiger partial charge in [0.2, 0.25) is 0 Å². The van der Waals surface area contributed by atoms with Gasteiger partial charge in [0.05, 0.1) is 18.2 Å². The Kier molecular flexibility index (Phi) is 7.02. The van der Waals surface area contributed by atoms with Gasteiger partial charge >= 0.3 is 5.97 Å². The number of halogens is 1. The third kappa shape index (κ3) is 4.54. The maximum absolute atomic E-state index is 13.6. The van der Waals surface area contributed by atoms with E-state index in [0.29, 0.717) is 23.4 Å². The summed E-state index contributed by atoms with van der Waals surface area (Å²) in [6, 6.07) is 4.57. The van der Waals surface area contributed by atoms with Crippen molar-refractivity contribution in [2.75, 3.05) is 33.8 Å². The van der Waals surface area contributed by atoms with Crippen LogP contribution < -0.4 is 0 Å².